The molecule has 1 aromatic rings. The Morgan fingerprint density at radius 2 is 1.92 bits per heavy atom. The predicted octanol–water partition coefficient (Wildman–Crippen LogP) is 3.19. The molecule has 0 unspecified atom stereocenters. The molecule has 1 spiro atoms. The van der Waals surface area contributed by atoms with Crippen LogP contribution < -0.4 is 9.47 Å². The van der Waals surface area contributed by atoms with Crippen molar-refractivity contribution in [2.45, 2.75) is 45.6 Å². The molecule has 0 radical (unpaired) electrons. The quantitative estimate of drug-likeness (QED) is 0.781. The maximum Gasteiger partial charge on any atom is 0.222 e. The van der Waals surface area contributed by atoms with E-state index in [0.717, 1.165) is 44.1 Å². The van der Waals surface area contributed by atoms with Crippen LogP contribution in [0.4, 0.5) is 0 Å². The van der Waals surface area contributed by atoms with Crippen LogP contribution in [0.15, 0.2) is 24.3 Å². The van der Waals surface area contributed by atoms with E-state index < -0.39 is 0 Å². The molecule has 3 rings (SSSR count). The number of rotatable bonds is 6. The first-order chi connectivity index (χ1) is 12.5. The van der Waals surface area contributed by atoms with E-state index in [1.54, 1.807) is 7.11 Å². The minimum absolute atomic E-state index is 0.265. The number of ether oxygens (including phenoxy) is 2. The summed E-state index contributed by atoms with van der Waals surface area (Å²) in [6, 6.07) is 8.08. The van der Waals surface area contributed by atoms with Crippen LogP contribution in [0.1, 0.15) is 39.5 Å². The molecule has 144 valence electrons. The second-order valence-corrected chi connectivity index (χ2v) is 7.99. The lowest BCUT2D eigenvalue weighted by Crippen LogP contribution is -2.55. The summed E-state index contributed by atoms with van der Waals surface area (Å²) in [7, 11) is 1.67. The van der Waals surface area contributed by atoms with E-state index in [9.17, 15) is 4.79 Å². The number of hydrogen-bond donors (Lipinski definition) is 0. The van der Waals surface area contributed by atoms with Crippen molar-refractivity contribution >= 4 is 5.91 Å². The molecule has 5 nitrogen and oxygen atoms in total. The van der Waals surface area contributed by atoms with Gasteiger partial charge in [-0.3, -0.25) is 9.69 Å². The third kappa shape index (κ3) is 4.32. The van der Waals surface area contributed by atoms with E-state index >= 15 is 0 Å². The minimum atomic E-state index is 0.265. The molecule has 0 aromatic heterocycles. The molecule has 2 aliphatic heterocycles. The zero-order valence-corrected chi connectivity index (χ0v) is 16.4. The van der Waals surface area contributed by atoms with Crippen molar-refractivity contribution in [2.24, 2.45) is 5.41 Å². The molecule has 1 atom stereocenters. The average Bonchev–Trinajstić information content (AvgIpc) is 2.64. The molecule has 0 bridgehead atoms. The second-order valence-electron chi connectivity index (χ2n) is 7.99. The first kappa shape index (κ1) is 19.0. The summed E-state index contributed by atoms with van der Waals surface area (Å²) in [4.78, 5) is 16.8. The van der Waals surface area contributed by atoms with Gasteiger partial charge in [0.2, 0.25) is 5.91 Å². The van der Waals surface area contributed by atoms with E-state index in [0.29, 0.717) is 25.0 Å². The van der Waals surface area contributed by atoms with Crippen LogP contribution in [0.25, 0.3) is 0 Å². The Labute approximate surface area is 157 Å². The molecule has 2 saturated heterocycles. The van der Waals surface area contributed by atoms with Crippen LogP contribution in [0, 0.1) is 5.41 Å². The molecule has 0 saturated carbocycles. The van der Waals surface area contributed by atoms with Crippen LogP contribution in [-0.2, 0) is 4.79 Å². The highest BCUT2D eigenvalue weighted by molar-refractivity contribution is 5.77. The number of nitrogens with zero attached hydrogens (tertiary/aromatic N) is 2. The molecule has 2 heterocycles. The summed E-state index contributed by atoms with van der Waals surface area (Å²) in [6.45, 7) is 8.91. The van der Waals surface area contributed by atoms with Gasteiger partial charge in [-0.05, 0) is 51.8 Å². The van der Waals surface area contributed by atoms with Gasteiger partial charge in [0.15, 0.2) is 11.5 Å². The van der Waals surface area contributed by atoms with E-state index in [-0.39, 0.29) is 5.41 Å². The average molecular weight is 360 g/mol. The summed E-state index contributed by atoms with van der Waals surface area (Å²) in [5.41, 5.74) is 0.265. The standard InChI is InChI=1S/C21H32N2O3/c1-17(2)23-16-21(11-9-20(23)24)10-6-12-22(15-21)13-14-26-19-8-5-4-7-18(19)25-3/h4-5,7-8,17H,6,9-16H2,1-3H3/t21-/m0/s1. The normalized spacial score (nSPS) is 24.3. The lowest BCUT2D eigenvalue weighted by molar-refractivity contribution is -0.141. The Balaban J connectivity index is 1.54. The van der Waals surface area contributed by atoms with E-state index in [1.807, 2.05) is 24.3 Å². The topological polar surface area (TPSA) is 42.0 Å². The summed E-state index contributed by atoms with van der Waals surface area (Å²) in [6.07, 6.45) is 4.16. The smallest absolute Gasteiger partial charge is 0.222 e. The number of benzene rings is 1. The number of para-hydroxylation sites is 2. The van der Waals surface area contributed by atoms with Crippen molar-refractivity contribution in [3.63, 3.8) is 0 Å². The predicted molar refractivity (Wildman–Crippen MR) is 103 cm³/mol. The first-order valence-corrected chi connectivity index (χ1v) is 9.81. The number of hydrogen-bond acceptors (Lipinski definition) is 4. The zero-order chi connectivity index (χ0) is 18.6. The third-order valence-corrected chi connectivity index (χ3v) is 5.79. The van der Waals surface area contributed by atoms with Crippen LogP contribution in [0.5, 0.6) is 11.5 Å². The molecule has 2 aliphatic rings. The van der Waals surface area contributed by atoms with Crippen molar-refractivity contribution in [3.8, 4) is 11.5 Å². The fourth-order valence-electron chi connectivity index (χ4n) is 4.37. The molecule has 0 N–H and O–H groups in total. The maximum atomic E-state index is 12.2. The van der Waals surface area contributed by atoms with Gasteiger partial charge in [-0.2, -0.15) is 0 Å². The summed E-state index contributed by atoms with van der Waals surface area (Å²) in [5, 5.41) is 0. The second kappa shape index (κ2) is 8.30. The fourth-order valence-corrected chi connectivity index (χ4v) is 4.37. The van der Waals surface area contributed by atoms with Gasteiger partial charge >= 0.3 is 0 Å². The molecular weight excluding hydrogens is 328 g/mol. The van der Waals surface area contributed by atoms with Crippen LogP contribution in [-0.4, -0.2) is 61.6 Å². The molecule has 5 heteroatoms. The van der Waals surface area contributed by atoms with Crippen molar-refractivity contribution in [1.82, 2.24) is 9.80 Å². The van der Waals surface area contributed by atoms with Gasteiger partial charge in [-0.25, -0.2) is 0 Å². The van der Waals surface area contributed by atoms with Crippen molar-refractivity contribution in [3.05, 3.63) is 24.3 Å². The summed E-state index contributed by atoms with van der Waals surface area (Å²) < 4.78 is 11.3. The van der Waals surface area contributed by atoms with Crippen molar-refractivity contribution < 1.29 is 14.3 Å². The maximum absolute atomic E-state index is 12.2. The van der Waals surface area contributed by atoms with Gasteiger partial charge in [0.05, 0.1) is 7.11 Å². The SMILES string of the molecule is COc1ccccc1OCCN1CCC[C@]2(CCC(=O)N(C(C)C)C2)C1. The summed E-state index contributed by atoms with van der Waals surface area (Å²) >= 11 is 0. The number of carbonyl (C=O) groups is 1. The van der Waals surface area contributed by atoms with Gasteiger partial charge < -0.3 is 14.4 Å². The van der Waals surface area contributed by atoms with Crippen molar-refractivity contribution in [2.75, 3.05) is 39.9 Å². The molecule has 0 aliphatic carbocycles. The number of likely N-dealkylation sites (tertiary alicyclic amines) is 2. The van der Waals surface area contributed by atoms with E-state index in [4.69, 9.17) is 9.47 Å². The zero-order valence-electron chi connectivity index (χ0n) is 16.4. The number of amides is 1. The molecule has 1 amide bonds. The van der Waals surface area contributed by atoms with Crippen LogP contribution in [0.3, 0.4) is 0 Å². The number of methoxy groups -OCH3 is 1. The van der Waals surface area contributed by atoms with Gasteiger partial charge in [0.1, 0.15) is 6.61 Å². The third-order valence-electron chi connectivity index (χ3n) is 5.79. The lowest BCUT2D eigenvalue weighted by Gasteiger charge is -2.49. The Bertz CT molecular complexity index is 619. The van der Waals surface area contributed by atoms with E-state index in [2.05, 4.69) is 23.6 Å². The van der Waals surface area contributed by atoms with Gasteiger partial charge in [-0.1, -0.05) is 12.1 Å². The Morgan fingerprint density at radius 1 is 1.15 bits per heavy atom. The number of piperidine rings is 2. The molecular formula is C21H32N2O3. The Hall–Kier alpha value is -1.75. The molecule has 1 aromatic carbocycles. The highest BCUT2D eigenvalue weighted by Crippen LogP contribution is 2.39. The molecule has 26 heavy (non-hydrogen) atoms. The number of carbonyl (C=O) groups excluding carboxylic acids is 1. The monoisotopic (exact) mass is 360 g/mol. The van der Waals surface area contributed by atoms with E-state index in [1.165, 1.54) is 12.8 Å². The lowest BCUT2D eigenvalue weighted by atomic mass is 9.73. The summed E-state index contributed by atoms with van der Waals surface area (Å²) in [5.74, 6) is 1.90. The van der Waals surface area contributed by atoms with Crippen LogP contribution in [0.2, 0.25) is 0 Å². The fraction of sp³-hybridized carbons (Fsp3) is 0.667. The largest absolute Gasteiger partial charge is 0.493 e. The Morgan fingerprint density at radius 3 is 2.65 bits per heavy atom. The van der Waals surface area contributed by atoms with Crippen molar-refractivity contribution in [1.29, 1.82) is 0 Å². The van der Waals surface area contributed by atoms with Gasteiger partial charge in [0, 0.05) is 37.5 Å². The van der Waals surface area contributed by atoms with Crippen LogP contribution >= 0.6 is 0 Å². The van der Waals surface area contributed by atoms with Gasteiger partial charge in [-0.15, -0.1) is 0 Å². The van der Waals surface area contributed by atoms with Gasteiger partial charge in [0.25, 0.3) is 0 Å². The highest BCUT2D eigenvalue weighted by atomic mass is 16.5. The highest BCUT2D eigenvalue weighted by Gasteiger charge is 2.42. The Kier molecular flexibility index (Phi) is 6.07. The minimum Gasteiger partial charge on any atom is -0.493 e. The first-order valence-electron chi connectivity index (χ1n) is 9.81. The molecule has 2 fully saturated rings.